The Hall–Kier alpha value is -2.29. The highest BCUT2D eigenvalue weighted by atomic mass is 35.5. The molecule has 3 aromatic rings. The van der Waals surface area contributed by atoms with Crippen LogP contribution >= 0.6 is 34.3 Å². The van der Waals surface area contributed by atoms with E-state index < -0.39 is 10.8 Å². The van der Waals surface area contributed by atoms with Gasteiger partial charge in [0.25, 0.3) is 5.91 Å². The summed E-state index contributed by atoms with van der Waals surface area (Å²) in [5.41, 5.74) is 0.862. The normalized spacial score (nSPS) is 12.3. The highest BCUT2D eigenvalue weighted by Gasteiger charge is 2.10. The fourth-order valence-corrected chi connectivity index (χ4v) is 4.46. The number of nitrogens with zero attached hydrogens (tertiary/aromatic N) is 3. The minimum Gasteiger partial charge on any atom is -0.315 e. The van der Waals surface area contributed by atoms with Gasteiger partial charge in [-0.05, 0) is 31.2 Å². The Kier molecular flexibility index (Phi) is 5.12. The van der Waals surface area contributed by atoms with Gasteiger partial charge in [0.1, 0.15) is 0 Å². The quantitative estimate of drug-likeness (QED) is 0.372. The van der Waals surface area contributed by atoms with Crippen LogP contribution in [-0.4, -0.2) is 15.4 Å². The van der Waals surface area contributed by atoms with Crippen molar-refractivity contribution in [2.45, 2.75) is 13.5 Å². The van der Waals surface area contributed by atoms with E-state index in [1.54, 1.807) is 12.1 Å². The van der Waals surface area contributed by atoms with Crippen molar-refractivity contribution in [3.05, 3.63) is 61.2 Å². The molecule has 0 fully saturated rings. The van der Waals surface area contributed by atoms with Gasteiger partial charge in [0.2, 0.25) is 0 Å². The number of aromatic nitrogens is 1. The molecule has 2 aromatic heterocycles. The Bertz CT molecular complexity index is 1060. The lowest BCUT2D eigenvalue weighted by Crippen LogP contribution is -2.15. The number of fused-ring (bicyclic) bond motifs is 1. The molecule has 0 saturated heterocycles. The number of rotatable bonds is 4. The molecule has 3 rings (SSSR count). The largest absolute Gasteiger partial charge is 0.324 e. The number of halogens is 1. The molecule has 0 radical (unpaired) electrons. The molecule has 6 nitrogen and oxygen atoms in total. The number of aryl methyl sites for hydroxylation is 1. The van der Waals surface area contributed by atoms with Crippen molar-refractivity contribution in [1.82, 2.24) is 4.57 Å². The average Bonchev–Trinajstić information content (AvgIpc) is 3.17. The first-order chi connectivity index (χ1) is 12.0. The summed E-state index contributed by atoms with van der Waals surface area (Å²) in [5.74, 6) is -0.430. The number of benzene rings is 1. The molecular formula is C16H12ClN3O3S2. The van der Waals surface area contributed by atoms with E-state index in [-0.39, 0.29) is 5.00 Å². The summed E-state index contributed by atoms with van der Waals surface area (Å²) in [6, 6.07) is 8.60. The first kappa shape index (κ1) is 17.5. The molecule has 1 aromatic carbocycles. The summed E-state index contributed by atoms with van der Waals surface area (Å²) >= 11 is 8.65. The van der Waals surface area contributed by atoms with Crippen molar-refractivity contribution in [1.29, 1.82) is 0 Å². The van der Waals surface area contributed by atoms with Gasteiger partial charge in [-0.15, -0.1) is 0 Å². The summed E-state index contributed by atoms with van der Waals surface area (Å²) in [7, 11) is 0. The first-order valence-corrected chi connectivity index (χ1v) is 9.29. The standard InChI is InChI=1S/C16H12ClN3O3S2/c1-2-19-15-11(17)4-3-5-12(15)25-16(19)18-13(21)8-6-10-7-9-14(24-10)20(22)23/h3-9H,2H2,1H3/b8-6+,18-16?. The van der Waals surface area contributed by atoms with Crippen molar-refractivity contribution >= 4 is 61.5 Å². The zero-order valence-corrected chi connectivity index (χ0v) is 15.4. The van der Waals surface area contributed by atoms with Crippen LogP contribution in [-0.2, 0) is 11.3 Å². The summed E-state index contributed by atoms with van der Waals surface area (Å²) in [6.07, 6.45) is 2.83. The van der Waals surface area contributed by atoms with Crippen LogP contribution in [0, 0.1) is 10.1 Å². The predicted molar refractivity (Wildman–Crippen MR) is 101 cm³/mol. The molecule has 0 bridgehead atoms. The molecule has 0 N–H and O–H groups in total. The van der Waals surface area contributed by atoms with Crippen molar-refractivity contribution in [3.8, 4) is 0 Å². The van der Waals surface area contributed by atoms with Gasteiger partial charge in [0.05, 0.1) is 20.2 Å². The summed E-state index contributed by atoms with van der Waals surface area (Å²) in [6.45, 7) is 2.59. The lowest BCUT2D eigenvalue weighted by atomic mass is 10.3. The van der Waals surface area contributed by atoms with Gasteiger partial charge in [0, 0.05) is 23.6 Å². The molecule has 0 spiro atoms. The maximum atomic E-state index is 12.1. The lowest BCUT2D eigenvalue weighted by Gasteiger charge is -2.01. The van der Waals surface area contributed by atoms with Crippen LogP contribution in [0.1, 0.15) is 11.8 Å². The monoisotopic (exact) mass is 393 g/mol. The Morgan fingerprint density at radius 2 is 2.16 bits per heavy atom. The van der Waals surface area contributed by atoms with Gasteiger partial charge in [-0.3, -0.25) is 14.9 Å². The van der Waals surface area contributed by atoms with Gasteiger partial charge in [-0.1, -0.05) is 40.3 Å². The molecule has 9 heteroatoms. The van der Waals surface area contributed by atoms with E-state index in [9.17, 15) is 14.9 Å². The first-order valence-electron chi connectivity index (χ1n) is 7.28. The van der Waals surface area contributed by atoms with Gasteiger partial charge in [-0.2, -0.15) is 4.99 Å². The van der Waals surface area contributed by atoms with Crippen molar-refractivity contribution < 1.29 is 9.72 Å². The number of amides is 1. The molecule has 0 unspecified atom stereocenters. The van der Waals surface area contributed by atoms with Crippen LogP contribution in [0.4, 0.5) is 5.00 Å². The van der Waals surface area contributed by atoms with E-state index in [4.69, 9.17) is 11.6 Å². The molecule has 0 atom stereocenters. The van der Waals surface area contributed by atoms with Crippen molar-refractivity contribution in [3.63, 3.8) is 0 Å². The second-order valence-corrected chi connectivity index (χ2v) is 7.44. The molecule has 128 valence electrons. The third-order valence-electron chi connectivity index (χ3n) is 3.36. The molecule has 0 aliphatic rings. The minimum atomic E-state index is -0.459. The highest BCUT2D eigenvalue weighted by molar-refractivity contribution is 7.16. The van der Waals surface area contributed by atoms with E-state index in [2.05, 4.69) is 4.99 Å². The van der Waals surface area contributed by atoms with Gasteiger partial charge >= 0.3 is 5.00 Å². The molecule has 0 aliphatic carbocycles. The Labute approximate surface area is 155 Å². The topological polar surface area (TPSA) is 77.5 Å². The molecular weight excluding hydrogens is 382 g/mol. The maximum absolute atomic E-state index is 12.1. The molecule has 0 saturated carbocycles. The highest BCUT2D eigenvalue weighted by Crippen LogP contribution is 2.26. The molecule has 0 aliphatic heterocycles. The van der Waals surface area contributed by atoms with Crippen LogP contribution in [0.2, 0.25) is 5.02 Å². The second kappa shape index (κ2) is 7.30. The van der Waals surface area contributed by atoms with E-state index in [1.165, 1.54) is 29.6 Å². The van der Waals surface area contributed by atoms with E-state index in [0.717, 1.165) is 21.6 Å². The second-order valence-electron chi connectivity index (χ2n) is 4.93. The molecule has 1 amide bonds. The number of hydrogen-bond acceptors (Lipinski definition) is 5. The number of para-hydroxylation sites is 1. The smallest absolute Gasteiger partial charge is 0.315 e. The van der Waals surface area contributed by atoms with Crippen LogP contribution in [0.15, 0.2) is 41.4 Å². The Morgan fingerprint density at radius 3 is 2.84 bits per heavy atom. The van der Waals surface area contributed by atoms with E-state index >= 15 is 0 Å². The number of thiophene rings is 1. The maximum Gasteiger partial charge on any atom is 0.324 e. The minimum absolute atomic E-state index is 0.0343. The van der Waals surface area contributed by atoms with Gasteiger partial charge in [0.15, 0.2) is 4.80 Å². The van der Waals surface area contributed by atoms with E-state index in [1.807, 2.05) is 23.6 Å². The van der Waals surface area contributed by atoms with E-state index in [0.29, 0.717) is 21.2 Å². The number of thiazole rings is 1. The third kappa shape index (κ3) is 3.71. The summed E-state index contributed by atoms with van der Waals surface area (Å²) in [5, 5.41) is 11.3. The fourth-order valence-electron chi connectivity index (χ4n) is 2.28. The van der Waals surface area contributed by atoms with Crippen molar-refractivity contribution in [2.24, 2.45) is 4.99 Å². The van der Waals surface area contributed by atoms with Gasteiger partial charge < -0.3 is 4.57 Å². The summed E-state index contributed by atoms with van der Waals surface area (Å²) in [4.78, 5) is 27.7. The number of nitro groups is 1. The predicted octanol–water partition coefficient (Wildman–Crippen LogP) is 4.49. The zero-order chi connectivity index (χ0) is 18.0. The number of carbonyl (C=O) groups is 1. The van der Waals surface area contributed by atoms with Crippen LogP contribution in [0.3, 0.4) is 0 Å². The molecule has 25 heavy (non-hydrogen) atoms. The zero-order valence-electron chi connectivity index (χ0n) is 13.0. The van der Waals surface area contributed by atoms with Crippen molar-refractivity contribution in [2.75, 3.05) is 0 Å². The lowest BCUT2D eigenvalue weighted by molar-refractivity contribution is -0.380. The third-order valence-corrected chi connectivity index (χ3v) is 5.71. The van der Waals surface area contributed by atoms with Gasteiger partial charge in [-0.25, -0.2) is 0 Å². The molecule has 2 heterocycles. The fraction of sp³-hybridized carbons (Fsp3) is 0.125. The van der Waals surface area contributed by atoms with Crippen LogP contribution in [0.25, 0.3) is 16.3 Å². The number of carbonyl (C=O) groups excluding carboxylic acids is 1. The average molecular weight is 394 g/mol. The summed E-state index contributed by atoms with van der Waals surface area (Å²) < 4.78 is 2.85. The number of hydrogen-bond donors (Lipinski definition) is 0. The SMILES string of the molecule is CCn1c(=NC(=O)/C=C/c2ccc([N+](=O)[O-])s2)sc2cccc(Cl)c21. The Morgan fingerprint density at radius 1 is 1.36 bits per heavy atom. The van der Waals surface area contributed by atoms with Crippen LogP contribution in [0.5, 0.6) is 0 Å². The Balaban J connectivity index is 1.93. The van der Waals surface area contributed by atoms with Crippen LogP contribution < -0.4 is 4.80 Å².